The van der Waals surface area contributed by atoms with E-state index in [4.69, 9.17) is 4.74 Å². The van der Waals surface area contributed by atoms with Crippen molar-refractivity contribution >= 4 is 5.97 Å². The molecular formula is C14H21FO4. The lowest BCUT2D eigenvalue weighted by molar-refractivity contribution is -0.240. The summed E-state index contributed by atoms with van der Waals surface area (Å²) in [7, 11) is 0. The molecule has 0 radical (unpaired) electrons. The summed E-state index contributed by atoms with van der Waals surface area (Å²) in [6.07, 6.45) is 2.20. The molecule has 4 fully saturated rings. The minimum absolute atomic E-state index is 0.112. The monoisotopic (exact) mass is 272 g/mol. The second kappa shape index (κ2) is 3.92. The van der Waals surface area contributed by atoms with Gasteiger partial charge >= 0.3 is 5.97 Å². The molecule has 4 nitrogen and oxygen atoms in total. The first-order valence-corrected chi connectivity index (χ1v) is 6.99. The van der Waals surface area contributed by atoms with E-state index >= 15 is 0 Å². The lowest BCUT2D eigenvalue weighted by Crippen LogP contribution is -2.64. The quantitative estimate of drug-likeness (QED) is 0.761. The van der Waals surface area contributed by atoms with Crippen molar-refractivity contribution in [2.45, 2.75) is 62.8 Å². The van der Waals surface area contributed by atoms with Crippen LogP contribution in [-0.4, -0.2) is 40.2 Å². The molecule has 3 unspecified atom stereocenters. The van der Waals surface area contributed by atoms with Crippen molar-refractivity contribution in [3.05, 3.63) is 0 Å². The molecular weight excluding hydrogens is 251 g/mol. The number of carbonyl (C=O) groups excluding carboxylic acids is 1. The normalized spacial score (nSPS) is 49.2. The molecule has 0 heterocycles. The third-order valence-corrected chi connectivity index (χ3v) is 4.97. The van der Waals surface area contributed by atoms with Crippen LogP contribution in [0.1, 0.15) is 45.4 Å². The van der Waals surface area contributed by atoms with E-state index in [-0.39, 0.29) is 17.9 Å². The third kappa shape index (κ3) is 2.27. The van der Waals surface area contributed by atoms with Gasteiger partial charge < -0.3 is 14.9 Å². The van der Waals surface area contributed by atoms with E-state index < -0.39 is 23.3 Å². The van der Waals surface area contributed by atoms with Crippen LogP contribution in [0.25, 0.3) is 0 Å². The van der Waals surface area contributed by atoms with Crippen LogP contribution in [0.4, 0.5) is 4.39 Å². The largest absolute Gasteiger partial charge is 0.463 e. The second-order valence-corrected chi connectivity index (χ2v) is 7.18. The van der Waals surface area contributed by atoms with Crippen molar-refractivity contribution in [3.63, 3.8) is 0 Å². The van der Waals surface area contributed by atoms with E-state index in [1.54, 1.807) is 0 Å². The van der Waals surface area contributed by atoms with Gasteiger partial charge in [-0.1, -0.05) is 0 Å². The van der Waals surface area contributed by atoms with Gasteiger partial charge in [0, 0.05) is 11.8 Å². The van der Waals surface area contributed by atoms with E-state index in [2.05, 4.69) is 0 Å². The second-order valence-electron chi connectivity index (χ2n) is 7.18. The van der Waals surface area contributed by atoms with Gasteiger partial charge in [0.1, 0.15) is 0 Å². The summed E-state index contributed by atoms with van der Waals surface area (Å²) in [6, 6.07) is 0. The summed E-state index contributed by atoms with van der Waals surface area (Å²) in [4.78, 5) is 11.3. The lowest BCUT2D eigenvalue weighted by Gasteiger charge is -2.62. The smallest absolute Gasteiger partial charge is 0.340 e. The lowest BCUT2D eigenvalue weighted by atomic mass is 9.46. The van der Waals surface area contributed by atoms with E-state index in [0.29, 0.717) is 19.3 Å². The zero-order valence-corrected chi connectivity index (χ0v) is 11.2. The fourth-order valence-corrected chi connectivity index (χ4v) is 5.03. The van der Waals surface area contributed by atoms with Crippen molar-refractivity contribution in [3.8, 4) is 0 Å². The van der Waals surface area contributed by atoms with Crippen molar-refractivity contribution in [2.24, 2.45) is 11.3 Å². The van der Waals surface area contributed by atoms with Gasteiger partial charge in [-0.2, -0.15) is 0 Å². The Hall–Kier alpha value is -0.680. The number of esters is 1. The Kier molecular flexibility index (Phi) is 2.74. The molecule has 4 aliphatic rings. The van der Waals surface area contributed by atoms with Crippen molar-refractivity contribution in [2.75, 3.05) is 6.61 Å². The first kappa shape index (κ1) is 13.3. The maximum atomic E-state index is 12.8. The van der Waals surface area contributed by atoms with Crippen LogP contribution >= 0.6 is 0 Å². The first-order valence-electron chi connectivity index (χ1n) is 6.99. The maximum Gasteiger partial charge on any atom is 0.340 e. The van der Waals surface area contributed by atoms with Crippen LogP contribution in [0.5, 0.6) is 0 Å². The maximum absolute atomic E-state index is 12.8. The molecule has 0 aromatic heterocycles. The van der Waals surface area contributed by atoms with Gasteiger partial charge in [0.2, 0.25) is 0 Å². The predicted molar refractivity (Wildman–Crippen MR) is 65.1 cm³/mol. The van der Waals surface area contributed by atoms with Gasteiger partial charge in [-0.05, 0) is 44.9 Å². The minimum Gasteiger partial charge on any atom is -0.463 e. The average molecular weight is 272 g/mol. The highest BCUT2D eigenvalue weighted by molar-refractivity contribution is 5.73. The molecule has 4 saturated carbocycles. The van der Waals surface area contributed by atoms with Crippen LogP contribution < -0.4 is 0 Å². The Morgan fingerprint density at radius 3 is 2.32 bits per heavy atom. The van der Waals surface area contributed by atoms with Crippen LogP contribution in [0.15, 0.2) is 0 Å². The number of rotatable bonds is 3. The van der Waals surface area contributed by atoms with Gasteiger partial charge in [-0.15, -0.1) is 0 Å². The summed E-state index contributed by atoms with van der Waals surface area (Å²) in [5.74, 6) is -0.567. The molecule has 0 aromatic rings. The summed E-state index contributed by atoms with van der Waals surface area (Å²) in [5, 5.41) is 21.1. The topological polar surface area (TPSA) is 66.8 Å². The third-order valence-electron chi connectivity index (χ3n) is 4.97. The summed E-state index contributed by atoms with van der Waals surface area (Å²) in [5.41, 5.74) is -2.03. The van der Waals surface area contributed by atoms with Gasteiger partial charge in [0.15, 0.2) is 6.17 Å². The molecule has 19 heavy (non-hydrogen) atoms. The number of hydrogen-bond donors (Lipinski definition) is 2. The van der Waals surface area contributed by atoms with E-state index in [0.717, 1.165) is 26.2 Å². The number of hydrogen-bond acceptors (Lipinski definition) is 4. The highest BCUT2D eigenvalue weighted by Crippen LogP contribution is 2.63. The molecule has 0 aliphatic heterocycles. The average Bonchev–Trinajstić information content (AvgIpc) is 2.20. The van der Waals surface area contributed by atoms with Crippen molar-refractivity contribution in [1.82, 2.24) is 0 Å². The molecule has 0 amide bonds. The number of ether oxygens (including phenoxy) is 1. The summed E-state index contributed by atoms with van der Waals surface area (Å²) < 4.78 is 17.9. The van der Waals surface area contributed by atoms with Crippen LogP contribution in [0, 0.1) is 11.3 Å². The van der Waals surface area contributed by atoms with Gasteiger partial charge in [-0.25, -0.2) is 9.18 Å². The van der Waals surface area contributed by atoms with Crippen molar-refractivity contribution < 1.29 is 24.1 Å². The number of halogens is 1. The number of alkyl halides is 1. The fourth-order valence-electron chi connectivity index (χ4n) is 5.03. The molecule has 0 aromatic carbocycles. The summed E-state index contributed by atoms with van der Waals surface area (Å²) in [6.45, 7) is 1.27. The van der Waals surface area contributed by atoms with E-state index in [9.17, 15) is 19.4 Å². The zero-order chi connectivity index (χ0) is 13.9. The highest BCUT2D eigenvalue weighted by Gasteiger charge is 2.63. The molecule has 0 spiro atoms. The molecule has 3 atom stereocenters. The standard InChI is InChI=1S/C14H21FO4/c1-9(15)11(16)19-8-12-2-10-3-13(17,5-12)7-14(18,4-10)6-12/h9-10,17-18H,2-8H2,1H3. The van der Waals surface area contributed by atoms with Crippen LogP contribution in [-0.2, 0) is 9.53 Å². The predicted octanol–water partition coefficient (Wildman–Crippen LogP) is 1.33. The molecule has 2 N–H and O–H groups in total. The van der Waals surface area contributed by atoms with Crippen LogP contribution in [0.3, 0.4) is 0 Å². The van der Waals surface area contributed by atoms with Gasteiger partial charge in [0.05, 0.1) is 17.8 Å². The highest BCUT2D eigenvalue weighted by atomic mass is 19.1. The van der Waals surface area contributed by atoms with Crippen molar-refractivity contribution in [1.29, 1.82) is 0 Å². The van der Waals surface area contributed by atoms with Crippen LogP contribution in [0.2, 0.25) is 0 Å². The molecule has 0 saturated heterocycles. The molecule has 108 valence electrons. The van der Waals surface area contributed by atoms with Gasteiger partial charge in [-0.3, -0.25) is 0 Å². The Morgan fingerprint density at radius 2 is 1.84 bits per heavy atom. The fraction of sp³-hybridized carbons (Fsp3) is 0.929. The Balaban J connectivity index is 1.75. The minimum atomic E-state index is -1.62. The zero-order valence-electron chi connectivity index (χ0n) is 11.2. The molecule has 4 aliphatic carbocycles. The molecule has 4 bridgehead atoms. The number of aliphatic hydroxyl groups is 2. The van der Waals surface area contributed by atoms with E-state index in [1.807, 2.05) is 0 Å². The SMILES string of the molecule is CC(F)C(=O)OCC12CC3CC(O)(CC(O)(C3)C1)C2. The molecule has 4 rings (SSSR count). The number of carbonyl (C=O) groups is 1. The van der Waals surface area contributed by atoms with E-state index in [1.165, 1.54) is 0 Å². The van der Waals surface area contributed by atoms with Gasteiger partial charge in [0.25, 0.3) is 0 Å². The molecule has 5 heteroatoms. The Morgan fingerprint density at radius 1 is 1.26 bits per heavy atom. The Bertz CT molecular complexity index is 390. The first-order chi connectivity index (χ1) is 8.73. The summed E-state index contributed by atoms with van der Waals surface area (Å²) >= 11 is 0. The Labute approximate surface area is 111 Å².